The number of nitrogens with two attached hydrogens (primary N) is 1. The van der Waals surface area contributed by atoms with Gasteiger partial charge in [0.1, 0.15) is 5.82 Å². The van der Waals surface area contributed by atoms with E-state index in [1.807, 2.05) is 20.8 Å². The Labute approximate surface area is 120 Å². The van der Waals surface area contributed by atoms with Crippen LogP contribution in [0.1, 0.15) is 49.7 Å². The number of nitrogens with zero attached hydrogens (tertiary/aromatic N) is 1. The van der Waals surface area contributed by atoms with Gasteiger partial charge in [-0.1, -0.05) is 20.8 Å². The van der Waals surface area contributed by atoms with Gasteiger partial charge >= 0.3 is 0 Å². The molecule has 0 aliphatic heterocycles. The van der Waals surface area contributed by atoms with Crippen LogP contribution in [0.15, 0.2) is 12.1 Å². The standard InChI is InChI=1S/C15H25N3O2/c1-15(2,3)12-9-11(10-13(16)18-12)14(19)17-7-5-6-8-20-4/h9-10H,5-8H2,1-4H3,(H2,16,18)(H,17,19). The third kappa shape index (κ3) is 5.17. The average molecular weight is 279 g/mol. The van der Waals surface area contributed by atoms with Gasteiger partial charge in [-0.05, 0) is 25.0 Å². The summed E-state index contributed by atoms with van der Waals surface area (Å²) in [5.74, 6) is 0.268. The summed E-state index contributed by atoms with van der Waals surface area (Å²) in [6.07, 6.45) is 1.83. The maximum Gasteiger partial charge on any atom is 0.251 e. The van der Waals surface area contributed by atoms with E-state index in [1.54, 1.807) is 19.2 Å². The third-order valence-electron chi connectivity index (χ3n) is 2.94. The van der Waals surface area contributed by atoms with Gasteiger partial charge in [0.15, 0.2) is 0 Å². The Morgan fingerprint density at radius 3 is 2.65 bits per heavy atom. The second-order valence-electron chi connectivity index (χ2n) is 5.87. The first-order valence-corrected chi connectivity index (χ1v) is 6.90. The Bertz CT molecular complexity index is 453. The number of nitrogen functional groups attached to an aromatic ring is 1. The number of hydrogen-bond acceptors (Lipinski definition) is 4. The number of rotatable bonds is 6. The molecule has 5 nitrogen and oxygen atoms in total. The Kier molecular flexibility index (Phi) is 5.95. The molecule has 0 fully saturated rings. The number of ether oxygens (including phenoxy) is 1. The fourth-order valence-electron chi connectivity index (χ4n) is 1.74. The number of methoxy groups -OCH3 is 1. The van der Waals surface area contributed by atoms with Crippen molar-refractivity contribution in [2.24, 2.45) is 0 Å². The maximum absolute atomic E-state index is 12.1. The van der Waals surface area contributed by atoms with Crippen LogP contribution in [-0.4, -0.2) is 31.2 Å². The first-order chi connectivity index (χ1) is 9.34. The molecular weight excluding hydrogens is 254 g/mol. The van der Waals surface area contributed by atoms with E-state index in [9.17, 15) is 4.79 Å². The van der Waals surface area contributed by atoms with Crippen molar-refractivity contribution in [1.29, 1.82) is 0 Å². The van der Waals surface area contributed by atoms with Crippen LogP contribution in [0.4, 0.5) is 5.82 Å². The second-order valence-corrected chi connectivity index (χ2v) is 5.87. The Hall–Kier alpha value is -1.62. The normalized spacial score (nSPS) is 11.4. The van der Waals surface area contributed by atoms with E-state index >= 15 is 0 Å². The monoisotopic (exact) mass is 279 g/mol. The predicted molar refractivity (Wildman–Crippen MR) is 80.8 cm³/mol. The molecule has 0 saturated heterocycles. The van der Waals surface area contributed by atoms with Crippen LogP contribution >= 0.6 is 0 Å². The van der Waals surface area contributed by atoms with Crippen LogP contribution in [0.25, 0.3) is 0 Å². The molecule has 0 aliphatic rings. The number of nitrogens with one attached hydrogen (secondary N) is 1. The van der Waals surface area contributed by atoms with Crippen LogP contribution in [-0.2, 0) is 10.2 Å². The highest BCUT2D eigenvalue weighted by Gasteiger charge is 2.18. The quantitative estimate of drug-likeness (QED) is 0.782. The molecule has 20 heavy (non-hydrogen) atoms. The molecule has 3 N–H and O–H groups in total. The predicted octanol–water partition coefficient (Wildman–Crippen LogP) is 2.12. The zero-order valence-electron chi connectivity index (χ0n) is 12.8. The Morgan fingerprint density at radius 1 is 1.35 bits per heavy atom. The molecule has 0 aliphatic carbocycles. The molecule has 1 heterocycles. The van der Waals surface area contributed by atoms with Crippen LogP contribution in [0.2, 0.25) is 0 Å². The molecule has 0 saturated carbocycles. The molecule has 5 heteroatoms. The molecule has 1 aromatic heterocycles. The van der Waals surface area contributed by atoms with Gasteiger partial charge in [0.05, 0.1) is 0 Å². The van der Waals surface area contributed by atoms with Gasteiger partial charge in [0.25, 0.3) is 5.91 Å². The molecule has 1 amide bonds. The zero-order valence-corrected chi connectivity index (χ0v) is 12.8. The van der Waals surface area contributed by atoms with Crippen molar-refractivity contribution in [3.63, 3.8) is 0 Å². The third-order valence-corrected chi connectivity index (χ3v) is 2.94. The highest BCUT2D eigenvalue weighted by Crippen LogP contribution is 2.22. The van der Waals surface area contributed by atoms with E-state index in [0.717, 1.165) is 18.5 Å². The SMILES string of the molecule is COCCCCNC(=O)c1cc(N)nc(C(C)(C)C)c1. The molecule has 112 valence electrons. The summed E-state index contributed by atoms with van der Waals surface area (Å²) >= 11 is 0. The average Bonchev–Trinajstić information content (AvgIpc) is 2.36. The lowest BCUT2D eigenvalue weighted by molar-refractivity contribution is 0.0951. The second kappa shape index (κ2) is 7.24. The molecule has 0 radical (unpaired) electrons. The first-order valence-electron chi connectivity index (χ1n) is 6.90. The number of amides is 1. The summed E-state index contributed by atoms with van der Waals surface area (Å²) in [6, 6.07) is 3.42. The summed E-state index contributed by atoms with van der Waals surface area (Å²) in [4.78, 5) is 16.4. The largest absolute Gasteiger partial charge is 0.385 e. The lowest BCUT2D eigenvalue weighted by atomic mass is 9.90. The van der Waals surface area contributed by atoms with Gasteiger partial charge in [-0.3, -0.25) is 4.79 Å². The summed E-state index contributed by atoms with van der Waals surface area (Å²) in [5.41, 5.74) is 7.03. The Balaban J connectivity index is 2.66. The molecule has 1 rings (SSSR count). The summed E-state index contributed by atoms with van der Waals surface area (Å²) in [6.45, 7) is 7.48. The maximum atomic E-state index is 12.1. The van der Waals surface area contributed by atoms with Crippen molar-refractivity contribution in [3.05, 3.63) is 23.4 Å². The number of unbranched alkanes of at least 4 members (excludes halogenated alkanes) is 1. The molecular formula is C15H25N3O2. The van der Waals surface area contributed by atoms with Crippen molar-refractivity contribution in [3.8, 4) is 0 Å². The van der Waals surface area contributed by atoms with Crippen molar-refractivity contribution >= 4 is 11.7 Å². The molecule has 0 unspecified atom stereocenters. The van der Waals surface area contributed by atoms with Gasteiger partial charge in [0, 0.05) is 36.9 Å². The number of hydrogen-bond donors (Lipinski definition) is 2. The van der Waals surface area contributed by atoms with E-state index < -0.39 is 0 Å². The molecule has 1 aromatic rings. The van der Waals surface area contributed by atoms with Crippen molar-refractivity contribution in [2.75, 3.05) is 26.0 Å². The summed E-state index contributed by atoms with van der Waals surface area (Å²) in [7, 11) is 1.67. The Morgan fingerprint density at radius 2 is 2.05 bits per heavy atom. The summed E-state index contributed by atoms with van der Waals surface area (Å²) < 4.78 is 4.96. The van der Waals surface area contributed by atoms with Gasteiger partial charge in [0.2, 0.25) is 0 Å². The fraction of sp³-hybridized carbons (Fsp3) is 0.600. The number of aromatic nitrogens is 1. The van der Waals surface area contributed by atoms with Crippen molar-refractivity contribution in [1.82, 2.24) is 10.3 Å². The van der Waals surface area contributed by atoms with Gasteiger partial charge in [-0.2, -0.15) is 0 Å². The molecule has 0 aromatic carbocycles. The van der Waals surface area contributed by atoms with E-state index in [0.29, 0.717) is 24.5 Å². The van der Waals surface area contributed by atoms with Crippen LogP contribution in [0.5, 0.6) is 0 Å². The van der Waals surface area contributed by atoms with Crippen molar-refractivity contribution in [2.45, 2.75) is 39.0 Å². The van der Waals surface area contributed by atoms with Gasteiger partial charge in [-0.25, -0.2) is 4.98 Å². The molecule has 0 atom stereocenters. The number of carbonyl (C=O) groups excluding carboxylic acids is 1. The van der Waals surface area contributed by atoms with Gasteiger partial charge in [-0.15, -0.1) is 0 Å². The highest BCUT2D eigenvalue weighted by atomic mass is 16.5. The van der Waals surface area contributed by atoms with E-state index in [-0.39, 0.29) is 11.3 Å². The molecule has 0 spiro atoms. The minimum absolute atomic E-state index is 0.109. The van der Waals surface area contributed by atoms with Crippen LogP contribution < -0.4 is 11.1 Å². The fourth-order valence-corrected chi connectivity index (χ4v) is 1.74. The van der Waals surface area contributed by atoms with Crippen LogP contribution in [0, 0.1) is 0 Å². The zero-order chi connectivity index (χ0) is 15.2. The minimum Gasteiger partial charge on any atom is -0.385 e. The number of anilines is 1. The number of carbonyl (C=O) groups is 1. The highest BCUT2D eigenvalue weighted by molar-refractivity contribution is 5.94. The van der Waals surface area contributed by atoms with E-state index in [2.05, 4.69) is 10.3 Å². The lowest BCUT2D eigenvalue weighted by Gasteiger charge is -2.19. The first kappa shape index (κ1) is 16.4. The van der Waals surface area contributed by atoms with E-state index in [1.165, 1.54) is 0 Å². The topological polar surface area (TPSA) is 77.2 Å². The van der Waals surface area contributed by atoms with Gasteiger partial charge < -0.3 is 15.8 Å². The van der Waals surface area contributed by atoms with Crippen LogP contribution in [0.3, 0.4) is 0 Å². The lowest BCUT2D eigenvalue weighted by Crippen LogP contribution is -2.26. The molecule has 0 bridgehead atoms. The van der Waals surface area contributed by atoms with Crippen molar-refractivity contribution < 1.29 is 9.53 Å². The number of pyridine rings is 1. The minimum atomic E-state index is -0.136. The smallest absolute Gasteiger partial charge is 0.251 e. The van der Waals surface area contributed by atoms with E-state index in [4.69, 9.17) is 10.5 Å². The summed E-state index contributed by atoms with van der Waals surface area (Å²) in [5, 5.41) is 2.89.